The van der Waals surface area contributed by atoms with Crippen molar-refractivity contribution < 1.29 is 22.7 Å². The monoisotopic (exact) mass is 368 g/mol. The fourth-order valence-corrected chi connectivity index (χ4v) is 3.56. The molecule has 138 valence electrons. The summed E-state index contributed by atoms with van der Waals surface area (Å²) in [6.45, 7) is 1.05. The van der Waals surface area contributed by atoms with Gasteiger partial charge in [-0.2, -0.15) is 0 Å². The van der Waals surface area contributed by atoms with Crippen molar-refractivity contribution in [2.24, 2.45) is 0 Å². The molecule has 25 heavy (non-hydrogen) atoms. The number of hydrogen-bond donors (Lipinski definition) is 0. The molecule has 0 radical (unpaired) electrons. The fraction of sp³-hybridized carbons (Fsp3) is 0.529. The molecule has 0 aromatic heterocycles. The molecule has 2 rings (SSSR count). The second kappa shape index (κ2) is 8.44. The Bertz CT molecular complexity index is 722. The Morgan fingerprint density at radius 2 is 1.76 bits per heavy atom. The molecule has 0 N–H and O–H groups in total. The SMILES string of the molecule is CN(C)S(=O)(=O)c1cccc(C(=O)OCC(=O)N2CCCCCC2)c1. The van der Waals surface area contributed by atoms with Gasteiger partial charge in [0.1, 0.15) is 0 Å². The van der Waals surface area contributed by atoms with Gasteiger partial charge in [0.25, 0.3) is 5.91 Å². The lowest BCUT2D eigenvalue weighted by Gasteiger charge is -2.20. The fourth-order valence-electron chi connectivity index (χ4n) is 2.62. The highest BCUT2D eigenvalue weighted by molar-refractivity contribution is 7.89. The molecule has 0 atom stereocenters. The molecule has 7 nitrogen and oxygen atoms in total. The van der Waals surface area contributed by atoms with E-state index in [1.165, 1.54) is 38.4 Å². The van der Waals surface area contributed by atoms with Crippen LogP contribution in [0.1, 0.15) is 36.0 Å². The summed E-state index contributed by atoms with van der Waals surface area (Å²) in [4.78, 5) is 26.0. The van der Waals surface area contributed by atoms with Gasteiger partial charge in [0.15, 0.2) is 6.61 Å². The Labute approximate surface area is 148 Å². The maximum absolute atomic E-state index is 12.1. The van der Waals surface area contributed by atoms with Gasteiger partial charge in [0.05, 0.1) is 10.5 Å². The van der Waals surface area contributed by atoms with E-state index < -0.39 is 16.0 Å². The first-order chi connectivity index (χ1) is 11.8. The highest BCUT2D eigenvalue weighted by atomic mass is 32.2. The highest BCUT2D eigenvalue weighted by Crippen LogP contribution is 2.16. The summed E-state index contributed by atoms with van der Waals surface area (Å²) in [5.41, 5.74) is 0.103. The van der Waals surface area contributed by atoms with Gasteiger partial charge in [-0.1, -0.05) is 18.9 Å². The molecule has 0 saturated carbocycles. The lowest BCUT2D eigenvalue weighted by molar-refractivity contribution is -0.134. The maximum atomic E-state index is 12.1. The first-order valence-electron chi connectivity index (χ1n) is 8.30. The first-order valence-corrected chi connectivity index (χ1v) is 9.74. The molecular formula is C17H24N2O5S. The van der Waals surface area contributed by atoms with Crippen LogP contribution in [0, 0.1) is 0 Å². The lowest BCUT2D eigenvalue weighted by Crippen LogP contribution is -2.35. The number of sulfonamides is 1. The van der Waals surface area contributed by atoms with Crippen molar-refractivity contribution in [3.05, 3.63) is 29.8 Å². The maximum Gasteiger partial charge on any atom is 0.338 e. The Morgan fingerprint density at radius 1 is 1.12 bits per heavy atom. The van der Waals surface area contributed by atoms with E-state index in [1.807, 2.05) is 0 Å². The molecule has 1 saturated heterocycles. The number of benzene rings is 1. The number of esters is 1. The Hall–Kier alpha value is -1.93. The zero-order chi connectivity index (χ0) is 18.4. The van der Waals surface area contributed by atoms with Crippen LogP contribution in [0.4, 0.5) is 0 Å². The quantitative estimate of drug-likeness (QED) is 0.736. The molecule has 1 aliphatic rings. The van der Waals surface area contributed by atoms with Crippen molar-refractivity contribution in [1.82, 2.24) is 9.21 Å². The van der Waals surface area contributed by atoms with Crippen LogP contribution in [0.25, 0.3) is 0 Å². The van der Waals surface area contributed by atoms with Gasteiger partial charge in [-0.3, -0.25) is 4.79 Å². The van der Waals surface area contributed by atoms with E-state index in [9.17, 15) is 18.0 Å². The van der Waals surface area contributed by atoms with Crippen LogP contribution in [0.2, 0.25) is 0 Å². The number of likely N-dealkylation sites (tertiary alicyclic amines) is 1. The van der Waals surface area contributed by atoms with Crippen LogP contribution in [0.3, 0.4) is 0 Å². The second-order valence-corrected chi connectivity index (χ2v) is 8.34. The van der Waals surface area contributed by atoms with Gasteiger partial charge in [-0.25, -0.2) is 17.5 Å². The Kier molecular flexibility index (Phi) is 6.55. The molecule has 1 aromatic carbocycles. The summed E-state index contributed by atoms with van der Waals surface area (Å²) in [7, 11) is -0.801. The van der Waals surface area contributed by atoms with Crippen molar-refractivity contribution in [3.63, 3.8) is 0 Å². The predicted molar refractivity (Wildman–Crippen MR) is 92.6 cm³/mol. The van der Waals surface area contributed by atoms with Gasteiger partial charge >= 0.3 is 5.97 Å². The Balaban J connectivity index is 2.00. The van der Waals surface area contributed by atoms with Crippen LogP contribution >= 0.6 is 0 Å². The van der Waals surface area contributed by atoms with Crippen LogP contribution in [-0.2, 0) is 19.6 Å². The second-order valence-electron chi connectivity index (χ2n) is 6.19. The minimum Gasteiger partial charge on any atom is -0.452 e. The van der Waals surface area contributed by atoms with Gasteiger partial charge in [0.2, 0.25) is 10.0 Å². The van der Waals surface area contributed by atoms with Gasteiger partial charge < -0.3 is 9.64 Å². The molecule has 1 amide bonds. The number of ether oxygens (including phenoxy) is 1. The smallest absolute Gasteiger partial charge is 0.338 e. The van der Waals surface area contributed by atoms with E-state index >= 15 is 0 Å². The molecule has 8 heteroatoms. The molecule has 0 aliphatic carbocycles. The highest BCUT2D eigenvalue weighted by Gasteiger charge is 2.21. The molecule has 1 fully saturated rings. The minimum atomic E-state index is -3.63. The molecular weight excluding hydrogens is 344 g/mol. The van der Waals surface area contributed by atoms with E-state index in [1.54, 1.807) is 4.90 Å². The number of carbonyl (C=O) groups is 2. The van der Waals surface area contributed by atoms with Crippen molar-refractivity contribution in [3.8, 4) is 0 Å². The molecule has 1 heterocycles. The number of hydrogen-bond acceptors (Lipinski definition) is 5. The number of carbonyl (C=O) groups excluding carboxylic acids is 2. The molecule has 1 aliphatic heterocycles. The van der Waals surface area contributed by atoms with E-state index in [0.29, 0.717) is 13.1 Å². The van der Waals surface area contributed by atoms with Crippen LogP contribution in [0.15, 0.2) is 29.2 Å². The predicted octanol–water partition coefficient (Wildman–Crippen LogP) is 1.50. The normalized spacial score (nSPS) is 15.7. The molecule has 0 bridgehead atoms. The number of amides is 1. The molecule has 0 unspecified atom stereocenters. The average molecular weight is 368 g/mol. The molecule has 1 aromatic rings. The number of rotatable bonds is 5. The number of nitrogens with zero attached hydrogens (tertiary/aromatic N) is 2. The van der Waals surface area contributed by atoms with Gasteiger partial charge in [-0.05, 0) is 31.0 Å². The van der Waals surface area contributed by atoms with Crippen LogP contribution < -0.4 is 0 Å². The summed E-state index contributed by atoms with van der Waals surface area (Å²) >= 11 is 0. The van der Waals surface area contributed by atoms with E-state index in [-0.39, 0.29) is 23.0 Å². The van der Waals surface area contributed by atoms with Crippen molar-refractivity contribution in [1.29, 1.82) is 0 Å². The van der Waals surface area contributed by atoms with Gasteiger partial charge in [0, 0.05) is 27.2 Å². The van der Waals surface area contributed by atoms with E-state index in [4.69, 9.17) is 4.74 Å². The zero-order valence-corrected chi connectivity index (χ0v) is 15.4. The Morgan fingerprint density at radius 3 is 2.36 bits per heavy atom. The summed E-state index contributed by atoms with van der Waals surface area (Å²) in [5.74, 6) is -0.925. The first kappa shape index (κ1) is 19.4. The zero-order valence-electron chi connectivity index (χ0n) is 14.6. The van der Waals surface area contributed by atoms with Crippen molar-refractivity contribution in [2.45, 2.75) is 30.6 Å². The summed E-state index contributed by atoms with van der Waals surface area (Å²) in [6, 6.07) is 5.61. The minimum absolute atomic E-state index is 0.00537. The topological polar surface area (TPSA) is 84.0 Å². The molecule has 0 spiro atoms. The largest absolute Gasteiger partial charge is 0.452 e. The lowest BCUT2D eigenvalue weighted by atomic mass is 10.2. The average Bonchev–Trinajstić information content (AvgIpc) is 2.88. The van der Waals surface area contributed by atoms with Crippen LogP contribution in [0.5, 0.6) is 0 Å². The van der Waals surface area contributed by atoms with E-state index in [0.717, 1.165) is 30.0 Å². The summed E-state index contributed by atoms with van der Waals surface area (Å²) in [5, 5.41) is 0. The van der Waals surface area contributed by atoms with E-state index in [2.05, 4.69) is 0 Å². The third-order valence-electron chi connectivity index (χ3n) is 4.13. The third kappa shape index (κ3) is 5.02. The van der Waals surface area contributed by atoms with Crippen LogP contribution in [-0.4, -0.2) is 63.3 Å². The van der Waals surface area contributed by atoms with Crippen molar-refractivity contribution >= 4 is 21.9 Å². The standard InChI is InChI=1S/C17H24N2O5S/c1-18(2)25(22,23)15-9-7-8-14(12-15)17(21)24-13-16(20)19-10-5-3-4-6-11-19/h7-9,12H,3-6,10-11,13H2,1-2H3. The third-order valence-corrected chi connectivity index (χ3v) is 5.94. The summed E-state index contributed by atoms with van der Waals surface area (Å²) in [6.07, 6.45) is 4.14. The van der Waals surface area contributed by atoms with Gasteiger partial charge in [-0.15, -0.1) is 0 Å². The summed E-state index contributed by atoms with van der Waals surface area (Å²) < 4.78 is 30.4. The van der Waals surface area contributed by atoms with Crippen molar-refractivity contribution in [2.75, 3.05) is 33.8 Å².